The summed E-state index contributed by atoms with van der Waals surface area (Å²) in [6, 6.07) is 8.25. The first-order valence-electron chi connectivity index (χ1n) is 7.12. The second kappa shape index (κ2) is 8.56. The summed E-state index contributed by atoms with van der Waals surface area (Å²) in [5.74, 6) is 0.634. The van der Waals surface area contributed by atoms with Crippen LogP contribution >= 0.6 is 22.6 Å². The van der Waals surface area contributed by atoms with Crippen molar-refractivity contribution in [1.82, 2.24) is 5.43 Å². The van der Waals surface area contributed by atoms with E-state index >= 15 is 0 Å². The van der Waals surface area contributed by atoms with E-state index in [1.165, 1.54) is 20.4 Å². The number of rotatable bonds is 6. The number of phenolic OH excluding ortho intramolecular Hbond substituents is 1. The Labute approximate surface area is 158 Å². The highest BCUT2D eigenvalue weighted by Gasteiger charge is 2.11. The lowest BCUT2D eigenvalue weighted by Crippen LogP contribution is -2.17. The molecule has 0 aliphatic rings. The van der Waals surface area contributed by atoms with Gasteiger partial charge in [-0.1, -0.05) is 0 Å². The van der Waals surface area contributed by atoms with Crippen LogP contribution in [0.25, 0.3) is 0 Å². The van der Waals surface area contributed by atoms with Gasteiger partial charge in [0.05, 0.1) is 31.1 Å². The smallest absolute Gasteiger partial charge is 0.271 e. The third-order valence-corrected chi connectivity index (χ3v) is 4.19. The quantitative estimate of drug-likeness (QED) is 0.397. The van der Waals surface area contributed by atoms with Gasteiger partial charge >= 0.3 is 0 Å². The zero-order valence-electron chi connectivity index (χ0n) is 13.9. The van der Waals surface area contributed by atoms with Gasteiger partial charge in [0.15, 0.2) is 11.5 Å². The lowest BCUT2D eigenvalue weighted by Gasteiger charge is -2.09. The van der Waals surface area contributed by atoms with E-state index in [9.17, 15) is 9.90 Å². The first kappa shape index (κ1) is 18.8. The summed E-state index contributed by atoms with van der Waals surface area (Å²) in [6.45, 7) is 0. The number of carbonyl (C=O) groups excluding carboxylic acids is 1. The number of hydrogen-bond donors (Lipinski definition) is 2. The number of halogens is 1. The summed E-state index contributed by atoms with van der Waals surface area (Å²) in [7, 11) is 4.41. The molecule has 0 aliphatic carbocycles. The monoisotopic (exact) mass is 456 g/mol. The number of aromatic hydroxyl groups is 1. The highest BCUT2D eigenvalue weighted by Crippen LogP contribution is 2.36. The molecule has 0 saturated carbocycles. The van der Waals surface area contributed by atoms with Gasteiger partial charge in [-0.3, -0.25) is 4.79 Å². The molecule has 0 heterocycles. The number of benzene rings is 2. The molecule has 0 bridgehead atoms. The van der Waals surface area contributed by atoms with E-state index in [1.807, 2.05) is 0 Å². The molecule has 0 aliphatic heterocycles. The Kier molecular flexibility index (Phi) is 6.45. The molecule has 2 rings (SSSR count). The minimum atomic E-state index is -0.372. The molecule has 7 nitrogen and oxygen atoms in total. The van der Waals surface area contributed by atoms with Crippen molar-refractivity contribution in [2.75, 3.05) is 21.3 Å². The number of methoxy groups -OCH3 is 3. The topological polar surface area (TPSA) is 89.4 Å². The Hall–Kier alpha value is -2.49. The zero-order valence-corrected chi connectivity index (χ0v) is 16.0. The molecule has 0 saturated heterocycles. The van der Waals surface area contributed by atoms with Gasteiger partial charge in [-0.15, -0.1) is 0 Å². The van der Waals surface area contributed by atoms with Crippen molar-refractivity contribution in [1.29, 1.82) is 0 Å². The number of nitrogens with one attached hydrogen (secondary N) is 1. The second-order valence-electron chi connectivity index (χ2n) is 4.82. The number of ether oxygens (including phenoxy) is 3. The number of hydrogen-bond acceptors (Lipinski definition) is 6. The summed E-state index contributed by atoms with van der Waals surface area (Å²) in [5.41, 5.74) is 3.45. The second-order valence-corrected chi connectivity index (χ2v) is 5.98. The Bertz CT molecular complexity index is 783. The first-order valence-corrected chi connectivity index (χ1v) is 8.20. The fourth-order valence-corrected chi connectivity index (χ4v) is 2.58. The fraction of sp³-hybridized carbons (Fsp3) is 0.176. The van der Waals surface area contributed by atoms with Crippen LogP contribution in [0.3, 0.4) is 0 Å². The van der Waals surface area contributed by atoms with Crippen LogP contribution in [-0.2, 0) is 0 Å². The minimum Gasteiger partial charge on any atom is -0.502 e. The van der Waals surface area contributed by atoms with Crippen molar-refractivity contribution in [3.63, 3.8) is 0 Å². The summed E-state index contributed by atoms with van der Waals surface area (Å²) in [5, 5.41) is 13.8. The molecule has 0 atom stereocenters. The highest BCUT2D eigenvalue weighted by molar-refractivity contribution is 14.1. The molecule has 8 heteroatoms. The predicted octanol–water partition coefficient (Wildman–Crippen LogP) is 2.79. The summed E-state index contributed by atoms with van der Waals surface area (Å²) < 4.78 is 16.2. The maximum atomic E-state index is 12.1. The Morgan fingerprint density at radius 3 is 2.24 bits per heavy atom. The summed E-state index contributed by atoms with van der Waals surface area (Å²) in [6.07, 6.45) is 1.42. The van der Waals surface area contributed by atoms with Gasteiger partial charge in [0.2, 0.25) is 5.75 Å². The predicted molar refractivity (Wildman–Crippen MR) is 102 cm³/mol. The molecule has 2 aromatic rings. The number of amides is 1. The van der Waals surface area contributed by atoms with Crippen molar-refractivity contribution < 1.29 is 24.1 Å². The SMILES string of the molecule is COc1cc(C(=O)N/N=C\c2cc(OC)c(O)c(OC)c2)ccc1I. The van der Waals surface area contributed by atoms with Crippen molar-refractivity contribution >= 4 is 34.7 Å². The van der Waals surface area contributed by atoms with Gasteiger partial charge in [0, 0.05) is 11.1 Å². The van der Waals surface area contributed by atoms with Crippen LogP contribution in [0.2, 0.25) is 0 Å². The van der Waals surface area contributed by atoms with Crippen LogP contribution in [-0.4, -0.2) is 38.6 Å². The number of phenols is 1. The average molecular weight is 456 g/mol. The fourth-order valence-electron chi connectivity index (χ4n) is 2.02. The molecular formula is C17H17IN2O5. The van der Waals surface area contributed by atoms with E-state index in [-0.39, 0.29) is 23.2 Å². The van der Waals surface area contributed by atoms with E-state index in [1.54, 1.807) is 37.4 Å². The van der Waals surface area contributed by atoms with Crippen molar-refractivity contribution in [2.24, 2.45) is 5.10 Å². The van der Waals surface area contributed by atoms with Crippen LogP contribution < -0.4 is 19.6 Å². The molecule has 0 spiro atoms. The van der Waals surface area contributed by atoms with Crippen LogP contribution in [0, 0.1) is 3.57 Å². The van der Waals surface area contributed by atoms with E-state index in [0.29, 0.717) is 16.9 Å². The molecule has 2 N–H and O–H groups in total. The summed E-state index contributed by atoms with van der Waals surface area (Å²) in [4.78, 5) is 12.1. The third-order valence-electron chi connectivity index (χ3n) is 3.30. The largest absolute Gasteiger partial charge is 0.502 e. The van der Waals surface area contributed by atoms with Gasteiger partial charge in [-0.05, 0) is 52.9 Å². The Morgan fingerprint density at radius 1 is 1.08 bits per heavy atom. The Balaban J connectivity index is 2.14. The molecule has 132 valence electrons. The molecule has 2 aromatic carbocycles. The maximum Gasteiger partial charge on any atom is 0.271 e. The van der Waals surface area contributed by atoms with Crippen molar-refractivity contribution in [2.45, 2.75) is 0 Å². The average Bonchev–Trinajstić information content (AvgIpc) is 2.63. The number of nitrogens with zero attached hydrogens (tertiary/aromatic N) is 1. The number of hydrazone groups is 1. The van der Waals surface area contributed by atoms with Gasteiger partial charge in [-0.2, -0.15) is 5.10 Å². The molecule has 1 amide bonds. The number of carbonyl (C=O) groups is 1. The van der Waals surface area contributed by atoms with Gasteiger partial charge in [0.1, 0.15) is 5.75 Å². The Morgan fingerprint density at radius 2 is 1.68 bits per heavy atom. The standard InChI is InChI=1S/C17H17IN2O5/c1-23-13-8-11(4-5-12(13)18)17(22)20-19-9-10-6-14(24-2)16(21)15(7-10)25-3/h4-9,21H,1-3H3,(H,20,22)/b19-9-. The van der Waals surface area contributed by atoms with Crippen molar-refractivity contribution in [3.05, 3.63) is 45.0 Å². The molecule has 0 aromatic heterocycles. The summed E-state index contributed by atoms with van der Waals surface area (Å²) >= 11 is 2.12. The van der Waals surface area contributed by atoms with Crippen LogP contribution in [0.4, 0.5) is 0 Å². The molecule has 0 fully saturated rings. The lowest BCUT2D eigenvalue weighted by atomic mass is 10.2. The van der Waals surface area contributed by atoms with E-state index in [0.717, 1.165) is 3.57 Å². The zero-order chi connectivity index (χ0) is 18.4. The highest BCUT2D eigenvalue weighted by atomic mass is 127. The van der Waals surface area contributed by atoms with Crippen LogP contribution in [0.1, 0.15) is 15.9 Å². The van der Waals surface area contributed by atoms with E-state index in [2.05, 4.69) is 33.1 Å². The van der Waals surface area contributed by atoms with Crippen molar-refractivity contribution in [3.8, 4) is 23.0 Å². The first-order chi connectivity index (χ1) is 12.0. The molecule has 0 unspecified atom stereocenters. The van der Waals surface area contributed by atoms with E-state index in [4.69, 9.17) is 14.2 Å². The van der Waals surface area contributed by atoms with Gasteiger partial charge in [0.25, 0.3) is 5.91 Å². The van der Waals surface area contributed by atoms with Crippen LogP contribution in [0.5, 0.6) is 23.0 Å². The lowest BCUT2D eigenvalue weighted by molar-refractivity contribution is 0.0954. The van der Waals surface area contributed by atoms with Crippen LogP contribution in [0.15, 0.2) is 35.4 Å². The van der Waals surface area contributed by atoms with E-state index < -0.39 is 0 Å². The third kappa shape index (κ3) is 4.53. The maximum absolute atomic E-state index is 12.1. The minimum absolute atomic E-state index is 0.0998. The molecule has 0 radical (unpaired) electrons. The molecular weight excluding hydrogens is 439 g/mol. The molecule has 25 heavy (non-hydrogen) atoms. The van der Waals surface area contributed by atoms with Gasteiger partial charge < -0.3 is 19.3 Å². The normalized spacial score (nSPS) is 10.6. The van der Waals surface area contributed by atoms with Gasteiger partial charge in [-0.25, -0.2) is 5.43 Å².